The standard InChI is InChI=1S/C17H19N7OS/c25-13-2-7-24(8-3-13)15-1-4-20-17(23-15)21-9-12-11-26-16(22-12)14-10-18-5-6-19-14/h1,4-6,10-11,13,25H,2-3,7-9H2,(H,20,21,23). The topological polar surface area (TPSA) is 100.0 Å². The minimum Gasteiger partial charge on any atom is -0.393 e. The number of nitrogens with zero attached hydrogens (tertiary/aromatic N) is 6. The fourth-order valence-corrected chi connectivity index (χ4v) is 3.57. The van der Waals surface area contributed by atoms with Crippen LogP contribution >= 0.6 is 11.3 Å². The molecule has 0 atom stereocenters. The van der Waals surface area contributed by atoms with E-state index in [1.54, 1.807) is 24.8 Å². The van der Waals surface area contributed by atoms with E-state index < -0.39 is 0 Å². The van der Waals surface area contributed by atoms with Gasteiger partial charge in [-0.1, -0.05) is 0 Å². The van der Waals surface area contributed by atoms with Crippen molar-refractivity contribution in [3.8, 4) is 10.7 Å². The van der Waals surface area contributed by atoms with Gasteiger partial charge in [0.2, 0.25) is 5.95 Å². The van der Waals surface area contributed by atoms with Crippen molar-refractivity contribution in [3.63, 3.8) is 0 Å². The zero-order valence-electron chi connectivity index (χ0n) is 14.1. The summed E-state index contributed by atoms with van der Waals surface area (Å²) in [5.41, 5.74) is 1.68. The smallest absolute Gasteiger partial charge is 0.224 e. The third kappa shape index (κ3) is 3.94. The van der Waals surface area contributed by atoms with Gasteiger partial charge in [-0.15, -0.1) is 11.3 Å². The van der Waals surface area contributed by atoms with Crippen LogP contribution in [-0.4, -0.2) is 49.2 Å². The van der Waals surface area contributed by atoms with E-state index in [0.717, 1.165) is 48.1 Å². The van der Waals surface area contributed by atoms with Gasteiger partial charge in [0.05, 0.1) is 24.5 Å². The van der Waals surface area contributed by atoms with Gasteiger partial charge in [0.1, 0.15) is 16.5 Å². The van der Waals surface area contributed by atoms with Crippen LogP contribution in [0.4, 0.5) is 11.8 Å². The Kier molecular flexibility index (Phi) is 4.98. The lowest BCUT2D eigenvalue weighted by Gasteiger charge is -2.30. The zero-order valence-corrected chi connectivity index (χ0v) is 14.9. The van der Waals surface area contributed by atoms with E-state index in [1.807, 2.05) is 11.4 Å². The number of anilines is 2. The number of hydrogen-bond donors (Lipinski definition) is 2. The molecular weight excluding hydrogens is 350 g/mol. The summed E-state index contributed by atoms with van der Waals surface area (Å²) in [6, 6.07) is 1.90. The molecule has 9 heteroatoms. The third-order valence-electron chi connectivity index (χ3n) is 4.19. The fraction of sp³-hybridized carbons (Fsp3) is 0.353. The number of piperidine rings is 1. The average molecular weight is 369 g/mol. The minimum absolute atomic E-state index is 0.196. The first-order valence-corrected chi connectivity index (χ1v) is 9.36. The van der Waals surface area contributed by atoms with Crippen LogP contribution in [0.3, 0.4) is 0 Å². The van der Waals surface area contributed by atoms with Crippen LogP contribution in [-0.2, 0) is 6.54 Å². The molecule has 2 N–H and O–H groups in total. The van der Waals surface area contributed by atoms with Crippen LogP contribution in [0.15, 0.2) is 36.2 Å². The average Bonchev–Trinajstić information content (AvgIpc) is 3.17. The SMILES string of the molecule is OC1CCN(c2ccnc(NCc3csc(-c4cnccn4)n3)n2)CC1. The number of nitrogens with one attached hydrogen (secondary N) is 1. The second kappa shape index (κ2) is 7.71. The molecule has 3 aromatic heterocycles. The van der Waals surface area contributed by atoms with Gasteiger partial charge < -0.3 is 15.3 Å². The van der Waals surface area contributed by atoms with Crippen LogP contribution in [0.1, 0.15) is 18.5 Å². The number of thiazole rings is 1. The van der Waals surface area contributed by atoms with Crippen molar-refractivity contribution >= 4 is 23.1 Å². The molecule has 0 amide bonds. The van der Waals surface area contributed by atoms with E-state index >= 15 is 0 Å². The molecule has 0 aliphatic carbocycles. The van der Waals surface area contributed by atoms with E-state index in [0.29, 0.717) is 12.5 Å². The molecule has 0 bridgehead atoms. The summed E-state index contributed by atoms with van der Waals surface area (Å²) < 4.78 is 0. The minimum atomic E-state index is -0.196. The van der Waals surface area contributed by atoms with Gasteiger partial charge in [-0.2, -0.15) is 4.98 Å². The molecule has 8 nitrogen and oxygen atoms in total. The Hall–Kier alpha value is -2.65. The first kappa shape index (κ1) is 16.8. The monoisotopic (exact) mass is 369 g/mol. The lowest BCUT2D eigenvalue weighted by atomic mass is 10.1. The highest BCUT2D eigenvalue weighted by Gasteiger charge is 2.18. The Balaban J connectivity index is 1.39. The Morgan fingerprint density at radius 1 is 1.15 bits per heavy atom. The van der Waals surface area contributed by atoms with Crippen molar-refractivity contribution in [1.82, 2.24) is 24.9 Å². The van der Waals surface area contributed by atoms with E-state index in [4.69, 9.17) is 0 Å². The molecule has 1 aliphatic rings. The summed E-state index contributed by atoms with van der Waals surface area (Å²) in [5.74, 6) is 1.45. The number of rotatable bonds is 5. The van der Waals surface area contributed by atoms with Gasteiger partial charge in [-0.3, -0.25) is 9.97 Å². The van der Waals surface area contributed by atoms with Crippen molar-refractivity contribution in [1.29, 1.82) is 0 Å². The van der Waals surface area contributed by atoms with Crippen LogP contribution in [0.2, 0.25) is 0 Å². The van der Waals surface area contributed by atoms with Gasteiger partial charge >= 0.3 is 0 Å². The Morgan fingerprint density at radius 2 is 2.04 bits per heavy atom. The Bertz CT molecular complexity index is 849. The molecule has 0 spiro atoms. The Morgan fingerprint density at radius 3 is 2.85 bits per heavy atom. The number of aliphatic hydroxyl groups excluding tert-OH is 1. The first-order valence-electron chi connectivity index (χ1n) is 8.48. The molecule has 0 saturated carbocycles. The van der Waals surface area contributed by atoms with E-state index in [9.17, 15) is 5.11 Å². The molecule has 1 fully saturated rings. The second-order valence-corrected chi connectivity index (χ2v) is 6.90. The predicted octanol–water partition coefficient (Wildman–Crippen LogP) is 1.96. The molecule has 1 saturated heterocycles. The quantitative estimate of drug-likeness (QED) is 0.704. The fourth-order valence-electron chi connectivity index (χ4n) is 2.79. The number of aliphatic hydroxyl groups is 1. The summed E-state index contributed by atoms with van der Waals surface area (Å²) in [4.78, 5) is 23.9. The molecule has 134 valence electrons. The molecule has 0 radical (unpaired) electrons. The van der Waals surface area contributed by atoms with E-state index in [1.165, 1.54) is 11.3 Å². The normalized spacial score (nSPS) is 15.2. The maximum absolute atomic E-state index is 9.64. The van der Waals surface area contributed by atoms with Gasteiger partial charge in [-0.25, -0.2) is 9.97 Å². The van der Waals surface area contributed by atoms with Crippen molar-refractivity contribution in [3.05, 3.63) is 41.9 Å². The zero-order chi connectivity index (χ0) is 17.8. The molecule has 4 rings (SSSR count). The van der Waals surface area contributed by atoms with E-state index in [2.05, 4.69) is 35.1 Å². The van der Waals surface area contributed by atoms with Crippen molar-refractivity contribution in [2.75, 3.05) is 23.3 Å². The van der Waals surface area contributed by atoms with E-state index in [-0.39, 0.29) is 6.10 Å². The van der Waals surface area contributed by atoms with Crippen LogP contribution in [0.25, 0.3) is 10.7 Å². The molecule has 4 heterocycles. The Labute approximate surface area is 155 Å². The van der Waals surface area contributed by atoms with Gasteiger partial charge in [0.25, 0.3) is 0 Å². The molecular formula is C17H19N7OS. The maximum Gasteiger partial charge on any atom is 0.224 e. The van der Waals surface area contributed by atoms with Crippen LogP contribution < -0.4 is 10.2 Å². The van der Waals surface area contributed by atoms with Crippen molar-refractivity contribution in [2.45, 2.75) is 25.5 Å². The lowest BCUT2D eigenvalue weighted by Crippen LogP contribution is -2.36. The summed E-state index contributed by atoms with van der Waals surface area (Å²) in [6.45, 7) is 2.16. The second-order valence-electron chi connectivity index (χ2n) is 6.04. The molecule has 1 aliphatic heterocycles. The summed E-state index contributed by atoms with van der Waals surface area (Å²) in [7, 11) is 0. The predicted molar refractivity (Wildman–Crippen MR) is 100.0 cm³/mol. The van der Waals surface area contributed by atoms with Gasteiger partial charge in [0, 0.05) is 37.1 Å². The van der Waals surface area contributed by atoms with Crippen molar-refractivity contribution < 1.29 is 5.11 Å². The molecule has 26 heavy (non-hydrogen) atoms. The summed E-state index contributed by atoms with van der Waals surface area (Å²) in [5, 5.41) is 15.7. The number of hydrogen-bond acceptors (Lipinski definition) is 9. The summed E-state index contributed by atoms with van der Waals surface area (Å²) in [6.07, 6.45) is 8.12. The number of aromatic nitrogens is 5. The molecule has 0 unspecified atom stereocenters. The van der Waals surface area contributed by atoms with Gasteiger partial charge in [0.15, 0.2) is 0 Å². The van der Waals surface area contributed by atoms with Crippen molar-refractivity contribution in [2.24, 2.45) is 0 Å². The highest BCUT2D eigenvalue weighted by molar-refractivity contribution is 7.13. The largest absolute Gasteiger partial charge is 0.393 e. The van der Waals surface area contributed by atoms with Crippen LogP contribution in [0, 0.1) is 0 Å². The molecule has 0 aromatic carbocycles. The highest BCUT2D eigenvalue weighted by Crippen LogP contribution is 2.22. The van der Waals surface area contributed by atoms with Crippen LogP contribution in [0.5, 0.6) is 0 Å². The third-order valence-corrected chi connectivity index (χ3v) is 5.10. The summed E-state index contributed by atoms with van der Waals surface area (Å²) >= 11 is 1.54. The first-order chi connectivity index (χ1) is 12.8. The molecule has 3 aromatic rings. The maximum atomic E-state index is 9.64. The van der Waals surface area contributed by atoms with Gasteiger partial charge in [-0.05, 0) is 18.9 Å². The highest BCUT2D eigenvalue weighted by atomic mass is 32.1. The lowest BCUT2D eigenvalue weighted by molar-refractivity contribution is 0.145.